The monoisotopic (exact) mass is 408 g/mol. The largest absolute Gasteiger partial charge is 0.506 e. The fraction of sp³-hybridized carbons (Fsp3) is 0.261. The molecule has 1 aromatic heterocycles. The fourth-order valence-electron chi connectivity index (χ4n) is 3.23. The second kappa shape index (κ2) is 9.26. The Kier molecular flexibility index (Phi) is 6.51. The first kappa shape index (κ1) is 21.1. The Morgan fingerprint density at radius 2 is 1.77 bits per heavy atom. The van der Waals surface area contributed by atoms with Crippen molar-refractivity contribution < 1.29 is 19.4 Å². The summed E-state index contributed by atoms with van der Waals surface area (Å²) in [7, 11) is 0. The van der Waals surface area contributed by atoms with Gasteiger partial charge in [0.05, 0.1) is 17.7 Å². The number of hydrogen-bond acceptors (Lipinski definition) is 5. The average Bonchev–Trinajstić information content (AvgIpc) is 2.74. The minimum absolute atomic E-state index is 0.267. The third kappa shape index (κ3) is 4.20. The fourth-order valence-corrected chi connectivity index (χ4v) is 3.23. The van der Waals surface area contributed by atoms with Crippen molar-refractivity contribution >= 4 is 28.5 Å². The SMILES string of the molecule is CCCCn1c(=O)c(C(=O)Nc2ccc(C(=O)OCC)cc2)c(O)c2ccccc21. The van der Waals surface area contributed by atoms with Gasteiger partial charge in [0.15, 0.2) is 0 Å². The van der Waals surface area contributed by atoms with E-state index in [9.17, 15) is 19.5 Å². The van der Waals surface area contributed by atoms with Crippen molar-refractivity contribution in [2.75, 3.05) is 11.9 Å². The summed E-state index contributed by atoms with van der Waals surface area (Å²) < 4.78 is 6.46. The van der Waals surface area contributed by atoms with Gasteiger partial charge in [-0.15, -0.1) is 0 Å². The van der Waals surface area contributed by atoms with Crippen molar-refractivity contribution in [3.63, 3.8) is 0 Å². The van der Waals surface area contributed by atoms with Gasteiger partial charge in [-0.1, -0.05) is 25.5 Å². The van der Waals surface area contributed by atoms with Crippen LogP contribution >= 0.6 is 0 Å². The first-order valence-electron chi connectivity index (χ1n) is 9.91. The molecule has 1 amide bonds. The number of benzene rings is 2. The first-order valence-corrected chi connectivity index (χ1v) is 9.91. The van der Waals surface area contributed by atoms with Crippen molar-refractivity contribution in [3.8, 4) is 5.75 Å². The summed E-state index contributed by atoms with van der Waals surface area (Å²) >= 11 is 0. The van der Waals surface area contributed by atoms with E-state index in [1.165, 1.54) is 28.8 Å². The normalized spacial score (nSPS) is 10.7. The number of nitrogens with one attached hydrogen (secondary N) is 1. The van der Waals surface area contributed by atoms with E-state index in [1.54, 1.807) is 31.2 Å². The maximum atomic E-state index is 13.0. The lowest BCUT2D eigenvalue weighted by Crippen LogP contribution is -2.30. The van der Waals surface area contributed by atoms with Crippen molar-refractivity contribution in [1.82, 2.24) is 4.57 Å². The van der Waals surface area contributed by atoms with Crippen LogP contribution in [-0.4, -0.2) is 28.2 Å². The lowest BCUT2D eigenvalue weighted by Gasteiger charge is -2.15. The molecule has 1 heterocycles. The number of ether oxygens (including phenoxy) is 1. The van der Waals surface area contributed by atoms with E-state index in [-0.39, 0.29) is 17.9 Å². The molecule has 30 heavy (non-hydrogen) atoms. The van der Waals surface area contributed by atoms with Crippen LogP contribution < -0.4 is 10.9 Å². The third-order valence-corrected chi connectivity index (χ3v) is 4.76. The van der Waals surface area contributed by atoms with Crippen LogP contribution in [0.15, 0.2) is 53.3 Å². The molecule has 7 nitrogen and oxygen atoms in total. The first-order chi connectivity index (χ1) is 14.5. The van der Waals surface area contributed by atoms with Crippen molar-refractivity contribution in [2.45, 2.75) is 33.2 Å². The number of unbranched alkanes of at least 4 members (excludes halogenated alkanes) is 1. The van der Waals surface area contributed by atoms with Crippen LogP contribution in [-0.2, 0) is 11.3 Å². The molecule has 2 aromatic carbocycles. The Balaban J connectivity index is 1.97. The number of fused-ring (bicyclic) bond motifs is 1. The van der Waals surface area contributed by atoms with Gasteiger partial charge in [-0.3, -0.25) is 9.59 Å². The van der Waals surface area contributed by atoms with Crippen LogP contribution in [0.4, 0.5) is 5.69 Å². The number of amides is 1. The summed E-state index contributed by atoms with van der Waals surface area (Å²) in [6.07, 6.45) is 1.65. The average molecular weight is 408 g/mol. The lowest BCUT2D eigenvalue weighted by molar-refractivity contribution is 0.0526. The number of aromatic hydroxyl groups is 1. The smallest absolute Gasteiger partial charge is 0.338 e. The second-order valence-electron chi connectivity index (χ2n) is 6.80. The summed E-state index contributed by atoms with van der Waals surface area (Å²) in [5, 5.41) is 13.7. The van der Waals surface area contributed by atoms with E-state index in [0.29, 0.717) is 28.7 Å². The van der Waals surface area contributed by atoms with Gasteiger partial charge in [0.1, 0.15) is 11.3 Å². The van der Waals surface area contributed by atoms with E-state index < -0.39 is 17.4 Å². The molecular formula is C23H24N2O5. The topological polar surface area (TPSA) is 97.6 Å². The molecule has 0 aliphatic carbocycles. The number of aromatic nitrogens is 1. The van der Waals surface area contributed by atoms with Gasteiger partial charge in [-0.25, -0.2) is 4.79 Å². The van der Waals surface area contributed by atoms with Crippen LogP contribution in [0, 0.1) is 0 Å². The molecule has 0 aliphatic rings. The molecule has 3 aromatic rings. The summed E-state index contributed by atoms with van der Waals surface area (Å²) in [6, 6.07) is 13.1. The molecule has 0 spiro atoms. The van der Waals surface area contributed by atoms with Gasteiger partial charge in [-0.2, -0.15) is 0 Å². The maximum absolute atomic E-state index is 13.0. The molecule has 0 saturated carbocycles. The van der Waals surface area contributed by atoms with Crippen molar-refractivity contribution in [2.24, 2.45) is 0 Å². The van der Waals surface area contributed by atoms with Gasteiger partial charge in [0, 0.05) is 17.6 Å². The molecular weight excluding hydrogens is 384 g/mol. The minimum Gasteiger partial charge on any atom is -0.506 e. The number of rotatable bonds is 7. The number of pyridine rings is 1. The Labute approximate surface area is 173 Å². The highest BCUT2D eigenvalue weighted by Crippen LogP contribution is 2.27. The summed E-state index contributed by atoms with van der Waals surface area (Å²) in [5.41, 5.74) is 0.480. The summed E-state index contributed by atoms with van der Waals surface area (Å²) in [4.78, 5) is 37.7. The number of para-hydroxylation sites is 1. The summed E-state index contributed by atoms with van der Waals surface area (Å²) in [5.74, 6) is -1.51. The Morgan fingerprint density at radius 3 is 2.43 bits per heavy atom. The van der Waals surface area contributed by atoms with Crippen molar-refractivity contribution in [3.05, 3.63) is 70.0 Å². The molecule has 0 unspecified atom stereocenters. The van der Waals surface area contributed by atoms with E-state index in [1.807, 2.05) is 6.92 Å². The number of esters is 1. The molecule has 0 fully saturated rings. The molecule has 2 N–H and O–H groups in total. The van der Waals surface area contributed by atoms with Gasteiger partial charge in [-0.05, 0) is 49.7 Å². The standard InChI is InChI=1S/C23H24N2O5/c1-3-5-14-25-18-9-7-6-8-17(18)20(26)19(22(25)28)21(27)24-16-12-10-15(11-13-16)23(29)30-4-2/h6-13,26H,3-5,14H2,1-2H3,(H,24,27). The Morgan fingerprint density at radius 1 is 1.07 bits per heavy atom. The third-order valence-electron chi connectivity index (χ3n) is 4.76. The molecule has 7 heteroatoms. The Hall–Kier alpha value is -3.61. The minimum atomic E-state index is -0.711. The van der Waals surface area contributed by atoms with E-state index in [2.05, 4.69) is 5.32 Å². The number of hydrogen-bond donors (Lipinski definition) is 2. The zero-order valence-electron chi connectivity index (χ0n) is 17.0. The highest BCUT2D eigenvalue weighted by Gasteiger charge is 2.22. The molecule has 0 aliphatic heterocycles. The van der Waals surface area contributed by atoms with Crippen molar-refractivity contribution in [1.29, 1.82) is 0 Å². The zero-order valence-corrected chi connectivity index (χ0v) is 17.0. The summed E-state index contributed by atoms with van der Waals surface area (Å²) in [6.45, 7) is 4.45. The molecule has 0 saturated heterocycles. The predicted octanol–water partition coefficient (Wildman–Crippen LogP) is 3.94. The van der Waals surface area contributed by atoms with Gasteiger partial charge < -0.3 is 19.7 Å². The Bertz CT molecular complexity index is 1130. The molecule has 0 radical (unpaired) electrons. The van der Waals surface area contributed by atoms with Crippen LogP contribution in [0.25, 0.3) is 10.9 Å². The molecule has 156 valence electrons. The molecule has 0 atom stereocenters. The maximum Gasteiger partial charge on any atom is 0.338 e. The molecule has 3 rings (SSSR count). The van der Waals surface area contributed by atoms with Crippen LogP contribution in [0.2, 0.25) is 0 Å². The number of carbonyl (C=O) groups excluding carboxylic acids is 2. The quantitative estimate of drug-likeness (QED) is 0.577. The highest BCUT2D eigenvalue weighted by atomic mass is 16.5. The van der Waals surface area contributed by atoms with Gasteiger partial charge in [0.25, 0.3) is 11.5 Å². The number of nitrogens with zero attached hydrogens (tertiary/aromatic N) is 1. The number of carbonyl (C=O) groups is 2. The van der Waals surface area contributed by atoms with Crippen LogP contribution in [0.1, 0.15) is 47.4 Å². The van der Waals surface area contributed by atoms with Gasteiger partial charge in [0.2, 0.25) is 0 Å². The van der Waals surface area contributed by atoms with E-state index >= 15 is 0 Å². The molecule has 0 bridgehead atoms. The zero-order chi connectivity index (χ0) is 21.7. The van der Waals surface area contributed by atoms with E-state index in [0.717, 1.165) is 12.8 Å². The van der Waals surface area contributed by atoms with Crippen LogP contribution in [0.3, 0.4) is 0 Å². The lowest BCUT2D eigenvalue weighted by atomic mass is 10.1. The number of anilines is 1. The van der Waals surface area contributed by atoms with E-state index in [4.69, 9.17) is 4.74 Å². The number of aryl methyl sites for hydroxylation is 1. The highest BCUT2D eigenvalue weighted by molar-refractivity contribution is 6.09. The van der Waals surface area contributed by atoms with Crippen LogP contribution in [0.5, 0.6) is 5.75 Å². The predicted molar refractivity (Wildman–Crippen MR) is 115 cm³/mol. The van der Waals surface area contributed by atoms with Gasteiger partial charge >= 0.3 is 5.97 Å². The second-order valence-corrected chi connectivity index (χ2v) is 6.80.